The number of primary amides is 1. The molecule has 1 aromatic heterocycles. The summed E-state index contributed by atoms with van der Waals surface area (Å²) >= 11 is 0. The van der Waals surface area contributed by atoms with Gasteiger partial charge in [0.05, 0.1) is 0 Å². The predicted octanol–water partition coefficient (Wildman–Crippen LogP) is 1.62. The van der Waals surface area contributed by atoms with Gasteiger partial charge in [-0.25, -0.2) is 9.97 Å². The van der Waals surface area contributed by atoms with E-state index in [1.54, 1.807) is 0 Å². The Kier molecular flexibility index (Phi) is 4.98. The number of aryl methyl sites for hydroxylation is 1. The van der Waals surface area contributed by atoms with Gasteiger partial charge in [-0.15, -0.1) is 0 Å². The fourth-order valence-corrected chi connectivity index (χ4v) is 2.89. The first kappa shape index (κ1) is 15.5. The van der Waals surface area contributed by atoms with Gasteiger partial charge in [-0.1, -0.05) is 6.92 Å². The fourth-order valence-electron chi connectivity index (χ4n) is 2.89. The summed E-state index contributed by atoms with van der Waals surface area (Å²) in [6.45, 7) is 4.92. The van der Waals surface area contributed by atoms with E-state index in [4.69, 9.17) is 10.7 Å². The van der Waals surface area contributed by atoms with Crippen molar-refractivity contribution in [3.8, 4) is 0 Å². The molecule has 0 bridgehead atoms. The SMILES string of the molecule is CCCc1nc(NC)c(C)c(N2CCCCC2C(N)=O)n1. The molecular weight excluding hydrogens is 266 g/mol. The standard InChI is InChI=1S/C15H25N5O/c1-4-7-12-18-14(17-3)10(2)15(19-12)20-9-6-5-8-11(20)13(16)21/h11H,4-9H2,1-3H3,(H2,16,21)(H,17,18,19). The van der Waals surface area contributed by atoms with Gasteiger partial charge in [-0.2, -0.15) is 0 Å². The second-order valence-corrected chi connectivity index (χ2v) is 5.54. The Bertz CT molecular complexity index is 517. The van der Waals surface area contributed by atoms with E-state index in [9.17, 15) is 4.79 Å². The lowest BCUT2D eigenvalue weighted by atomic mass is 10.0. The van der Waals surface area contributed by atoms with Gasteiger partial charge in [0.2, 0.25) is 5.91 Å². The largest absolute Gasteiger partial charge is 0.373 e. The smallest absolute Gasteiger partial charge is 0.240 e. The quantitative estimate of drug-likeness (QED) is 0.861. The lowest BCUT2D eigenvalue weighted by Crippen LogP contribution is -2.48. The molecule has 6 nitrogen and oxygen atoms in total. The van der Waals surface area contributed by atoms with Gasteiger partial charge in [0.15, 0.2) is 0 Å². The summed E-state index contributed by atoms with van der Waals surface area (Å²) in [4.78, 5) is 23.0. The number of hydrogen-bond donors (Lipinski definition) is 2. The molecule has 1 fully saturated rings. The highest BCUT2D eigenvalue weighted by molar-refractivity contribution is 5.84. The molecule has 21 heavy (non-hydrogen) atoms. The molecule has 2 rings (SSSR count). The van der Waals surface area contributed by atoms with Gasteiger partial charge >= 0.3 is 0 Å². The van der Waals surface area contributed by atoms with Crippen molar-refractivity contribution in [1.29, 1.82) is 0 Å². The monoisotopic (exact) mass is 291 g/mol. The van der Waals surface area contributed by atoms with E-state index in [0.29, 0.717) is 0 Å². The number of anilines is 2. The van der Waals surface area contributed by atoms with Crippen LogP contribution in [0.1, 0.15) is 44.0 Å². The highest BCUT2D eigenvalue weighted by Crippen LogP contribution is 2.29. The van der Waals surface area contributed by atoms with Crippen LogP contribution in [0.25, 0.3) is 0 Å². The zero-order valence-corrected chi connectivity index (χ0v) is 13.1. The molecule has 1 unspecified atom stereocenters. The van der Waals surface area contributed by atoms with Crippen LogP contribution in [0.15, 0.2) is 0 Å². The number of hydrogen-bond acceptors (Lipinski definition) is 5. The predicted molar refractivity (Wildman–Crippen MR) is 84.5 cm³/mol. The number of carbonyl (C=O) groups excluding carboxylic acids is 1. The maximum Gasteiger partial charge on any atom is 0.240 e. The summed E-state index contributed by atoms with van der Waals surface area (Å²) in [5.74, 6) is 2.23. The molecule has 1 aliphatic heterocycles. The highest BCUT2D eigenvalue weighted by atomic mass is 16.1. The number of rotatable bonds is 5. The normalized spacial score (nSPS) is 18.6. The molecule has 1 saturated heterocycles. The molecular formula is C15H25N5O. The minimum Gasteiger partial charge on any atom is -0.373 e. The maximum atomic E-state index is 11.7. The molecule has 0 aliphatic carbocycles. The van der Waals surface area contributed by atoms with Crippen molar-refractivity contribution in [1.82, 2.24) is 9.97 Å². The number of carbonyl (C=O) groups is 1. The van der Waals surface area contributed by atoms with E-state index >= 15 is 0 Å². The summed E-state index contributed by atoms with van der Waals surface area (Å²) in [7, 11) is 1.86. The van der Waals surface area contributed by atoms with E-state index < -0.39 is 0 Å². The number of amides is 1. The zero-order chi connectivity index (χ0) is 15.4. The molecule has 6 heteroatoms. The second-order valence-electron chi connectivity index (χ2n) is 5.54. The van der Waals surface area contributed by atoms with Crippen LogP contribution in [0.4, 0.5) is 11.6 Å². The van der Waals surface area contributed by atoms with E-state index in [1.165, 1.54) is 0 Å². The molecule has 1 aliphatic rings. The Morgan fingerprint density at radius 2 is 2.19 bits per heavy atom. The molecule has 1 atom stereocenters. The first-order valence-electron chi connectivity index (χ1n) is 7.69. The molecule has 2 heterocycles. The van der Waals surface area contributed by atoms with Crippen molar-refractivity contribution in [3.63, 3.8) is 0 Å². The first-order chi connectivity index (χ1) is 10.1. The molecule has 1 aromatic rings. The zero-order valence-electron chi connectivity index (χ0n) is 13.1. The van der Waals surface area contributed by atoms with Crippen LogP contribution in [-0.4, -0.2) is 35.5 Å². The van der Waals surface area contributed by atoms with Crippen molar-refractivity contribution in [2.45, 2.75) is 52.0 Å². The third-order valence-corrected chi connectivity index (χ3v) is 3.98. The molecule has 1 amide bonds. The van der Waals surface area contributed by atoms with E-state index in [0.717, 1.165) is 61.7 Å². The highest BCUT2D eigenvalue weighted by Gasteiger charge is 2.30. The van der Waals surface area contributed by atoms with E-state index in [-0.39, 0.29) is 11.9 Å². The Hall–Kier alpha value is -1.85. The molecule has 0 radical (unpaired) electrons. The first-order valence-corrected chi connectivity index (χ1v) is 7.69. The molecule has 0 aromatic carbocycles. The van der Waals surface area contributed by atoms with Gasteiger partial charge in [0.1, 0.15) is 23.5 Å². The van der Waals surface area contributed by atoms with Crippen LogP contribution >= 0.6 is 0 Å². The summed E-state index contributed by atoms with van der Waals surface area (Å²) in [6.07, 6.45) is 4.72. The number of nitrogens with one attached hydrogen (secondary N) is 1. The van der Waals surface area contributed by atoms with Crippen LogP contribution < -0.4 is 16.0 Å². The van der Waals surface area contributed by atoms with Crippen molar-refractivity contribution >= 4 is 17.5 Å². The van der Waals surface area contributed by atoms with Crippen LogP contribution in [0.5, 0.6) is 0 Å². The Balaban J connectivity index is 2.44. The van der Waals surface area contributed by atoms with Crippen molar-refractivity contribution in [2.24, 2.45) is 5.73 Å². The molecule has 0 spiro atoms. The topological polar surface area (TPSA) is 84.1 Å². The van der Waals surface area contributed by atoms with E-state index in [1.807, 2.05) is 14.0 Å². The summed E-state index contributed by atoms with van der Waals surface area (Å²) in [5, 5.41) is 3.12. The van der Waals surface area contributed by atoms with Crippen LogP contribution in [-0.2, 0) is 11.2 Å². The summed E-state index contributed by atoms with van der Waals surface area (Å²) in [6, 6.07) is -0.258. The Labute approximate surface area is 126 Å². The van der Waals surface area contributed by atoms with Crippen LogP contribution in [0.3, 0.4) is 0 Å². The number of piperidine rings is 1. The summed E-state index contributed by atoms with van der Waals surface area (Å²) < 4.78 is 0. The van der Waals surface area contributed by atoms with Crippen LogP contribution in [0, 0.1) is 6.92 Å². The van der Waals surface area contributed by atoms with E-state index in [2.05, 4.69) is 22.1 Å². The van der Waals surface area contributed by atoms with Gasteiger partial charge in [0, 0.05) is 25.6 Å². The van der Waals surface area contributed by atoms with Crippen molar-refractivity contribution < 1.29 is 4.79 Å². The fraction of sp³-hybridized carbons (Fsp3) is 0.667. The third kappa shape index (κ3) is 3.25. The molecule has 0 saturated carbocycles. The van der Waals surface area contributed by atoms with Gasteiger partial charge in [0.25, 0.3) is 0 Å². The van der Waals surface area contributed by atoms with Crippen molar-refractivity contribution in [3.05, 3.63) is 11.4 Å². The van der Waals surface area contributed by atoms with Crippen LogP contribution in [0.2, 0.25) is 0 Å². The van der Waals surface area contributed by atoms with Gasteiger partial charge in [-0.05, 0) is 32.6 Å². The average molecular weight is 291 g/mol. The number of nitrogens with zero attached hydrogens (tertiary/aromatic N) is 3. The number of nitrogens with two attached hydrogens (primary N) is 1. The number of aromatic nitrogens is 2. The second kappa shape index (κ2) is 6.74. The van der Waals surface area contributed by atoms with Gasteiger partial charge in [-0.3, -0.25) is 4.79 Å². The Morgan fingerprint density at radius 1 is 1.43 bits per heavy atom. The minimum absolute atomic E-state index is 0.258. The lowest BCUT2D eigenvalue weighted by Gasteiger charge is -2.35. The lowest BCUT2D eigenvalue weighted by molar-refractivity contribution is -0.119. The average Bonchev–Trinajstić information content (AvgIpc) is 2.49. The van der Waals surface area contributed by atoms with Gasteiger partial charge < -0.3 is 16.0 Å². The minimum atomic E-state index is -0.268. The Morgan fingerprint density at radius 3 is 2.81 bits per heavy atom. The summed E-state index contributed by atoms with van der Waals surface area (Å²) in [5.41, 5.74) is 6.55. The molecule has 116 valence electrons. The van der Waals surface area contributed by atoms with Crippen molar-refractivity contribution in [2.75, 3.05) is 23.8 Å². The third-order valence-electron chi connectivity index (χ3n) is 3.98. The molecule has 3 N–H and O–H groups in total. The maximum absolute atomic E-state index is 11.7.